The number of rotatable bonds is 4. The molecule has 3 rings (SSSR count). The quantitative estimate of drug-likeness (QED) is 0.734. The number of aromatic nitrogens is 2. The zero-order valence-corrected chi connectivity index (χ0v) is 13.6. The zero-order valence-electron chi connectivity index (χ0n) is 12.0. The van der Waals surface area contributed by atoms with Gasteiger partial charge in [0, 0.05) is 16.9 Å². The van der Waals surface area contributed by atoms with Crippen molar-refractivity contribution in [2.24, 2.45) is 0 Å². The van der Waals surface area contributed by atoms with Crippen molar-refractivity contribution in [2.75, 3.05) is 0 Å². The molecule has 4 nitrogen and oxygen atoms in total. The molecule has 0 aliphatic rings. The lowest BCUT2D eigenvalue weighted by atomic mass is 10.2. The van der Waals surface area contributed by atoms with Gasteiger partial charge in [-0.05, 0) is 36.8 Å². The number of fused-ring (bicyclic) bond motifs is 1. The minimum absolute atomic E-state index is 0.0413. The van der Waals surface area contributed by atoms with Crippen LogP contribution in [0, 0.1) is 6.92 Å². The van der Waals surface area contributed by atoms with Crippen LogP contribution in [0.15, 0.2) is 48.7 Å². The van der Waals surface area contributed by atoms with Crippen LogP contribution in [0.2, 0.25) is 5.02 Å². The van der Waals surface area contributed by atoms with Gasteiger partial charge in [0.15, 0.2) is 9.84 Å². The first-order valence-electron chi connectivity index (χ1n) is 6.81. The molecule has 2 aromatic heterocycles. The highest BCUT2D eigenvalue weighted by Crippen LogP contribution is 2.17. The van der Waals surface area contributed by atoms with Crippen LogP contribution in [-0.4, -0.2) is 17.8 Å². The van der Waals surface area contributed by atoms with Gasteiger partial charge in [0.25, 0.3) is 0 Å². The predicted molar refractivity (Wildman–Crippen MR) is 87.7 cm³/mol. The zero-order chi connectivity index (χ0) is 15.7. The summed E-state index contributed by atoms with van der Waals surface area (Å²) in [5, 5.41) is 0.538. The van der Waals surface area contributed by atoms with E-state index in [2.05, 4.69) is 4.98 Å². The second-order valence-electron chi connectivity index (χ2n) is 5.29. The number of halogens is 1. The van der Waals surface area contributed by atoms with Gasteiger partial charge in [-0.25, -0.2) is 13.4 Å². The van der Waals surface area contributed by atoms with E-state index in [0.717, 1.165) is 11.3 Å². The van der Waals surface area contributed by atoms with Gasteiger partial charge in [0.05, 0.1) is 17.2 Å². The predicted octanol–water partition coefficient (Wildman–Crippen LogP) is 3.41. The maximum absolute atomic E-state index is 12.4. The Morgan fingerprint density at radius 2 is 1.91 bits per heavy atom. The fourth-order valence-electron chi connectivity index (χ4n) is 2.43. The number of hydrogen-bond acceptors (Lipinski definition) is 3. The second kappa shape index (κ2) is 5.74. The molecule has 0 saturated carbocycles. The van der Waals surface area contributed by atoms with Crippen molar-refractivity contribution >= 4 is 27.1 Å². The number of imidazole rings is 1. The Morgan fingerprint density at radius 1 is 1.14 bits per heavy atom. The van der Waals surface area contributed by atoms with Gasteiger partial charge in [-0.2, -0.15) is 0 Å². The molecular weight excluding hydrogens is 320 g/mol. The van der Waals surface area contributed by atoms with Gasteiger partial charge in [-0.1, -0.05) is 29.8 Å². The maximum atomic E-state index is 12.4. The molecule has 0 saturated heterocycles. The van der Waals surface area contributed by atoms with Crippen LogP contribution in [-0.2, 0) is 21.3 Å². The van der Waals surface area contributed by atoms with Crippen LogP contribution in [0.4, 0.5) is 0 Å². The highest BCUT2D eigenvalue weighted by Gasteiger charge is 2.16. The van der Waals surface area contributed by atoms with E-state index in [1.165, 1.54) is 0 Å². The Labute approximate surface area is 134 Å². The summed E-state index contributed by atoms with van der Waals surface area (Å²) in [6, 6.07) is 12.6. The fourth-order valence-corrected chi connectivity index (χ4v) is 4.02. The van der Waals surface area contributed by atoms with E-state index in [-0.39, 0.29) is 11.5 Å². The minimum atomic E-state index is -3.30. The molecule has 0 atom stereocenters. The van der Waals surface area contributed by atoms with Crippen molar-refractivity contribution in [1.82, 2.24) is 9.38 Å². The molecule has 6 heteroatoms. The van der Waals surface area contributed by atoms with E-state index >= 15 is 0 Å². The van der Waals surface area contributed by atoms with Crippen molar-refractivity contribution in [2.45, 2.75) is 18.4 Å². The summed E-state index contributed by atoms with van der Waals surface area (Å²) in [4.78, 5) is 4.38. The van der Waals surface area contributed by atoms with Crippen LogP contribution in [0.1, 0.15) is 17.0 Å². The molecule has 0 spiro atoms. The van der Waals surface area contributed by atoms with E-state index in [0.29, 0.717) is 16.3 Å². The average Bonchev–Trinajstić information content (AvgIpc) is 2.81. The van der Waals surface area contributed by atoms with Gasteiger partial charge in [-0.15, -0.1) is 0 Å². The molecule has 0 aliphatic heterocycles. The monoisotopic (exact) mass is 334 g/mol. The smallest absolute Gasteiger partial charge is 0.160 e. The number of hydrogen-bond donors (Lipinski definition) is 0. The first-order chi connectivity index (χ1) is 10.4. The van der Waals surface area contributed by atoms with Gasteiger partial charge in [-0.3, -0.25) is 0 Å². The molecule has 2 heterocycles. The molecular formula is C16H15ClN2O2S. The van der Waals surface area contributed by atoms with Crippen molar-refractivity contribution in [3.8, 4) is 0 Å². The Balaban J connectivity index is 1.85. The molecule has 0 N–H and O–H groups in total. The van der Waals surface area contributed by atoms with Crippen molar-refractivity contribution in [3.63, 3.8) is 0 Å². The molecule has 0 fully saturated rings. The lowest BCUT2D eigenvalue weighted by molar-refractivity contribution is 0.594. The number of aryl methyl sites for hydroxylation is 1. The summed E-state index contributed by atoms with van der Waals surface area (Å²) in [6.07, 6.45) is 1.78. The third-order valence-electron chi connectivity index (χ3n) is 3.39. The molecule has 0 amide bonds. The van der Waals surface area contributed by atoms with E-state index < -0.39 is 9.84 Å². The molecule has 0 aliphatic carbocycles. The Hall–Kier alpha value is -1.85. The summed E-state index contributed by atoms with van der Waals surface area (Å²) in [5.74, 6) is -0.124. The van der Waals surface area contributed by atoms with E-state index in [1.54, 1.807) is 30.5 Å². The van der Waals surface area contributed by atoms with Crippen molar-refractivity contribution in [3.05, 3.63) is 70.6 Å². The van der Waals surface area contributed by atoms with Crippen LogP contribution in [0.5, 0.6) is 0 Å². The van der Waals surface area contributed by atoms with Crippen LogP contribution in [0.3, 0.4) is 0 Å². The third-order valence-corrected chi connectivity index (χ3v) is 5.13. The van der Waals surface area contributed by atoms with Crippen LogP contribution < -0.4 is 0 Å². The van der Waals surface area contributed by atoms with E-state index in [1.807, 2.05) is 29.5 Å². The molecule has 0 unspecified atom stereocenters. The topological polar surface area (TPSA) is 51.4 Å². The van der Waals surface area contributed by atoms with Crippen molar-refractivity contribution in [1.29, 1.82) is 0 Å². The van der Waals surface area contributed by atoms with E-state index in [4.69, 9.17) is 11.6 Å². The molecule has 3 aromatic rings. The Bertz CT molecular complexity index is 932. The maximum Gasteiger partial charge on any atom is 0.160 e. The first kappa shape index (κ1) is 15.1. The first-order valence-corrected chi connectivity index (χ1v) is 9.01. The largest absolute Gasteiger partial charge is 0.304 e. The molecule has 114 valence electrons. The molecule has 0 radical (unpaired) electrons. The molecule has 0 bridgehead atoms. The highest BCUT2D eigenvalue weighted by molar-refractivity contribution is 7.89. The number of benzene rings is 1. The van der Waals surface area contributed by atoms with Crippen molar-refractivity contribution < 1.29 is 8.42 Å². The lowest BCUT2D eigenvalue weighted by Gasteiger charge is -2.03. The SMILES string of the molecule is Cc1cccc2nc(CS(=O)(=O)Cc3cccc(Cl)c3)cn12. The summed E-state index contributed by atoms with van der Waals surface area (Å²) in [6.45, 7) is 1.96. The van der Waals surface area contributed by atoms with Crippen LogP contribution >= 0.6 is 11.6 Å². The Kier molecular flexibility index (Phi) is 3.93. The normalized spacial score (nSPS) is 11.9. The van der Waals surface area contributed by atoms with Crippen LogP contribution in [0.25, 0.3) is 5.65 Å². The summed E-state index contributed by atoms with van der Waals surface area (Å²) in [5.41, 5.74) is 3.01. The number of sulfone groups is 1. The highest BCUT2D eigenvalue weighted by atomic mass is 35.5. The average molecular weight is 335 g/mol. The standard InChI is InChI=1S/C16H15ClN2O2S/c1-12-4-2-7-16-18-15(9-19(12)16)11-22(20,21)10-13-5-3-6-14(17)8-13/h2-9H,10-11H2,1H3. The number of pyridine rings is 1. The molecule has 1 aromatic carbocycles. The third kappa shape index (κ3) is 3.31. The summed E-state index contributed by atoms with van der Waals surface area (Å²) in [7, 11) is -3.30. The fraction of sp³-hybridized carbons (Fsp3) is 0.188. The second-order valence-corrected chi connectivity index (χ2v) is 7.79. The minimum Gasteiger partial charge on any atom is -0.304 e. The summed E-state index contributed by atoms with van der Waals surface area (Å²) >= 11 is 5.89. The molecule has 22 heavy (non-hydrogen) atoms. The van der Waals surface area contributed by atoms with E-state index in [9.17, 15) is 8.42 Å². The number of nitrogens with zero attached hydrogens (tertiary/aromatic N) is 2. The summed E-state index contributed by atoms with van der Waals surface area (Å²) < 4.78 is 26.6. The van der Waals surface area contributed by atoms with Gasteiger partial charge in [0.1, 0.15) is 5.65 Å². The van der Waals surface area contributed by atoms with Gasteiger partial charge in [0.2, 0.25) is 0 Å². The Morgan fingerprint density at radius 3 is 2.64 bits per heavy atom. The lowest BCUT2D eigenvalue weighted by Crippen LogP contribution is -2.07. The van der Waals surface area contributed by atoms with Gasteiger partial charge >= 0.3 is 0 Å². The van der Waals surface area contributed by atoms with Gasteiger partial charge < -0.3 is 4.40 Å².